The number of rotatable bonds is 7. The molecular formula is C16H22N2O3Si. The maximum atomic E-state index is 5.69. The van der Waals surface area contributed by atoms with Crippen LogP contribution in [0.1, 0.15) is 24.4 Å². The molecule has 2 rings (SSSR count). The molecule has 0 radical (unpaired) electrons. The highest BCUT2D eigenvalue weighted by molar-refractivity contribution is 6.62. The van der Waals surface area contributed by atoms with Gasteiger partial charge in [-0.05, 0) is 41.3 Å². The molecule has 0 amide bonds. The van der Waals surface area contributed by atoms with Crippen LogP contribution in [-0.4, -0.2) is 40.1 Å². The lowest BCUT2D eigenvalue weighted by Gasteiger charge is -2.33. The number of pyridine rings is 2. The first kappa shape index (κ1) is 16.8. The van der Waals surface area contributed by atoms with Gasteiger partial charge in [0.05, 0.1) is 5.54 Å². The SMILES string of the molecule is CCC(c1cnccc1-c1ccncc1)[Si](OC)(OC)OC. The summed E-state index contributed by atoms with van der Waals surface area (Å²) in [6, 6.07) is 5.98. The molecule has 0 saturated carbocycles. The average Bonchev–Trinajstić information content (AvgIpc) is 2.61. The quantitative estimate of drug-likeness (QED) is 0.734. The lowest BCUT2D eigenvalue weighted by Crippen LogP contribution is -2.49. The van der Waals surface area contributed by atoms with Gasteiger partial charge in [0.25, 0.3) is 0 Å². The minimum Gasteiger partial charge on any atom is -0.376 e. The first-order chi connectivity index (χ1) is 10.7. The first-order valence-corrected chi connectivity index (χ1v) is 9.02. The van der Waals surface area contributed by atoms with E-state index >= 15 is 0 Å². The van der Waals surface area contributed by atoms with Crippen LogP contribution in [0.25, 0.3) is 11.1 Å². The van der Waals surface area contributed by atoms with Gasteiger partial charge in [-0.3, -0.25) is 9.97 Å². The van der Waals surface area contributed by atoms with Gasteiger partial charge < -0.3 is 13.3 Å². The van der Waals surface area contributed by atoms with Crippen LogP contribution in [0.2, 0.25) is 0 Å². The molecule has 5 nitrogen and oxygen atoms in total. The molecule has 0 aliphatic heterocycles. The van der Waals surface area contributed by atoms with Gasteiger partial charge in [-0.1, -0.05) is 6.92 Å². The second kappa shape index (κ2) is 7.60. The van der Waals surface area contributed by atoms with Crippen molar-refractivity contribution >= 4 is 8.80 Å². The Morgan fingerprint density at radius 3 is 2.09 bits per heavy atom. The molecule has 0 bridgehead atoms. The van der Waals surface area contributed by atoms with E-state index in [4.69, 9.17) is 13.3 Å². The third-order valence-electron chi connectivity index (χ3n) is 3.91. The molecule has 0 spiro atoms. The second-order valence-corrected chi connectivity index (χ2v) is 8.00. The highest BCUT2D eigenvalue weighted by Gasteiger charge is 2.48. The molecule has 0 saturated heterocycles. The molecule has 0 N–H and O–H groups in total. The number of hydrogen-bond acceptors (Lipinski definition) is 5. The van der Waals surface area contributed by atoms with Gasteiger partial charge in [0.2, 0.25) is 0 Å². The smallest absolute Gasteiger partial charge is 0.376 e. The van der Waals surface area contributed by atoms with E-state index in [9.17, 15) is 0 Å². The van der Waals surface area contributed by atoms with Crippen LogP contribution < -0.4 is 0 Å². The van der Waals surface area contributed by atoms with Crippen LogP contribution >= 0.6 is 0 Å². The van der Waals surface area contributed by atoms with E-state index in [0.29, 0.717) is 0 Å². The number of hydrogen-bond donors (Lipinski definition) is 0. The van der Waals surface area contributed by atoms with Gasteiger partial charge in [0, 0.05) is 46.1 Å². The molecule has 1 unspecified atom stereocenters. The summed E-state index contributed by atoms with van der Waals surface area (Å²) in [6.45, 7) is 2.10. The van der Waals surface area contributed by atoms with Crippen LogP contribution in [-0.2, 0) is 13.3 Å². The Morgan fingerprint density at radius 2 is 1.55 bits per heavy atom. The molecule has 2 heterocycles. The minimum atomic E-state index is -2.81. The van der Waals surface area contributed by atoms with Gasteiger partial charge in [0.1, 0.15) is 0 Å². The van der Waals surface area contributed by atoms with Gasteiger partial charge in [-0.15, -0.1) is 0 Å². The fourth-order valence-corrected chi connectivity index (χ4v) is 5.28. The molecule has 118 valence electrons. The molecule has 1 atom stereocenters. The van der Waals surface area contributed by atoms with E-state index in [1.54, 1.807) is 39.9 Å². The molecule has 6 heteroatoms. The highest BCUT2D eigenvalue weighted by Crippen LogP contribution is 2.36. The summed E-state index contributed by atoms with van der Waals surface area (Å²) >= 11 is 0. The van der Waals surface area contributed by atoms with Crippen molar-refractivity contribution in [3.05, 3.63) is 48.5 Å². The Balaban J connectivity index is 2.55. The van der Waals surface area contributed by atoms with Crippen LogP contribution in [0, 0.1) is 0 Å². The largest absolute Gasteiger partial charge is 0.508 e. The van der Waals surface area contributed by atoms with E-state index in [0.717, 1.165) is 23.1 Å². The summed E-state index contributed by atoms with van der Waals surface area (Å²) in [4.78, 5) is 8.38. The summed E-state index contributed by atoms with van der Waals surface area (Å²) < 4.78 is 17.1. The molecule has 22 heavy (non-hydrogen) atoms. The zero-order valence-corrected chi connectivity index (χ0v) is 14.4. The van der Waals surface area contributed by atoms with E-state index < -0.39 is 8.80 Å². The molecular weight excluding hydrogens is 296 g/mol. The van der Waals surface area contributed by atoms with Crippen molar-refractivity contribution < 1.29 is 13.3 Å². The molecule has 2 aromatic heterocycles. The summed E-state index contributed by atoms with van der Waals surface area (Å²) in [5, 5.41) is 0. The summed E-state index contributed by atoms with van der Waals surface area (Å²) in [5.74, 6) is 0. The van der Waals surface area contributed by atoms with Gasteiger partial charge >= 0.3 is 8.80 Å². The van der Waals surface area contributed by atoms with Crippen molar-refractivity contribution in [3.8, 4) is 11.1 Å². The fourth-order valence-electron chi connectivity index (χ4n) is 2.82. The van der Waals surface area contributed by atoms with Crippen LogP contribution in [0.3, 0.4) is 0 Å². The third kappa shape index (κ3) is 3.10. The average molecular weight is 318 g/mol. The Kier molecular flexibility index (Phi) is 5.79. The third-order valence-corrected chi connectivity index (χ3v) is 7.19. The normalized spacial score (nSPS) is 13.1. The van der Waals surface area contributed by atoms with Crippen molar-refractivity contribution in [1.82, 2.24) is 9.97 Å². The molecule has 0 aliphatic carbocycles. The Morgan fingerprint density at radius 1 is 0.955 bits per heavy atom. The number of aromatic nitrogens is 2. The lowest BCUT2D eigenvalue weighted by molar-refractivity contribution is 0.111. The summed E-state index contributed by atoms with van der Waals surface area (Å²) in [5.41, 5.74) is 3.29. The van der Waals surface area contributed by atoms with Crippen molar-refractivity contribution in [2.75, 3.05) is 21.3 Å². The summed E-state index contributed by atoms with van der Waals surface area (Å²) in [7, 11) is 2.12. The van der Waals surface area contributed by atoms with Crippen LogP contribution in [0.4, 0.5) is 0 Å². The zero-order valence-electron chi connectivity index (χ0n) is 13.4. The monoisotopic (exact) mass is 318 g/mol. The van der Waals surface area contributed by atoms with Gasteiger partial charge in [-0.25, -0.2) is 0 Å². The predicted molar refractivity (Wildman–Crippen MR) is 87.3 cm³/mol. The van der Waals surface area contributed by atoms with E-state index in [1.807, 2.05) is 24.4 Å². The molecule has 2 aromatic rings. The van der Waals surface area contributed by atoms with Crippen molar-refractivity contribution in [1.29, 1.82) is 0 Å². The molecule has 0 aromatic carbocycles. The maximum Gasteiger partial charge on any atom is 0.508 e. The predicted octanol–water partition coefficient (Wildman–Crippen LogP) is 3.05. The van der Waals surface area contributed by atoms with Crippen LogP contribution in [0.15, 0.2) is 43.0 Å². The standard InChI is InChI=1S/C16H22N2O3Si/c1-5-16(22(19-2,20-3)21-4)15-12-18-11-8-14(15)13-6-9-17-10-7-13/h6-12,16H,5H2,1-4H3. The zero-order chi connectivity index (χ0) is 16.0. The topological polar surface area (TPSA) is 53.5 Å². The van der Waals surface area contributed by atoms with Crippen molar-refractivity contribution in [3.63, 3.8) is 0 Å². The number of nitrogens with zero attached hydrogens (tertiary/aromatic N) is 2. The van der Waals surface area contributed by atoms with Crippen molar-refractivity contribution in [2.24, 2.45) is 0 Å². The lowest BCUT2D eigenvalue weighted by atomic mass is 9.99. The van der Waals surface area contributed by atoms with Gasteiger partial charge in [-0.2, -0.15) is 0 Å². The maximum absolute atomic E-state index is 5.69. The van der Waals surface area contributed by atoms with E-state index in [-0.39, 0.29) is 5.54 Å². The second-order valence-electron chi connectivity index (χ2n) is 4.88. The Bertz CT molecular complexity index is 583. The Hall–Kier alpha value is -1.60. The molecule has 0 aliphatic rings. The van der Waals surface area contributed by atoms with E-state index in [1.165, 1.54) is 0 Å². The highest BCUT2D eigenvalue weighted by atomic mass is 28.4. The first-order valence-electron chi connectivity index (χ1n) is 7.22. The van der Waals surface area contributed by atoms with Crippen molar-refractivity contribution in [2.45, 2.75) is 18.9 Å². The van der Waals surface area contributed by atoms with Crippen LogP contribution in [0.5, 0.6) is 0 Å². The Labute approximate surface area is 132 Å². The van der Waals surface area contributed by atoms with Gasteiger partial charge in [0.15, 0.2) is 0 Å². The van der Waals surface area contributed by atoms with E-state index in [2.05, 4.69) is 16.9 Å². The minimum absolute atomic E-state index is 0.0179. The summed E-state index contributed by atoms with van der Waals surface area (Å²) in [6.07, 6.45) is 8.08. The molecule has 0 fully saturated rings. The fraction of sp³-hybridized carbons (Fsp3) is 0.375.